The van der Waals surface area contributed by atoms with Crippen LogP contribution in [0.5, 0.6) is 5.75 Å². The van der Waals surface area contributed by atoms with Gasteiger partial charge < -0.3 is 15.0 Å². The van der Waals surface area contributed by atoms with Crippen LogP contribution >= 0.6 is 0 Å². The minimum absolute atomic E-state index is 0.127. The molecule has 1 aliphatic heterocycles. The second kappa shape index (κ2) is 8.26. The molecule has 2 aromatic carbocycles. The van der Waals surface area contributed by atoms with E-state index >= 15 is 0 Å². The quantitative estimate of drug-likeness (QED) is 0.811. The average molecular weight is 352 g/mol. The van der Waals surface area contributed by atoms with Gasteiger partial charge in [0.1, 0.15) is 12.4 Å². The lowest BCUT2D eigenvalue weighted by Crippen LogP contribution is -2.35. The van der Waals surface area contributed by atoms with Gasteiger partial charge in [-0.2, -0.15) is 0 Å². The van der Waals surface area contributed by atoms with Gasteiger partial charge in [-0.3, -0.25) is 4.79 Å². The van der Waals surface area contributed by atoms with Crippen molar-refractivity contribution in [1.29, 1.82) is 0 Å². The zero-order valence-corrected chi connectivity index (χ0v) is 15.9. The van der Waals surface area contributed by atoms with Crippen molar-refractivity contribution in [2.24, 2.45) is 0 Å². The summed E-state index contributed by atoms with van der Waals surface area (Å²) in [7, 11) is 0. The van der Waals surface area contributed by atoms with E-state index in [0.29, 0.717) is 25.5 Å². The Bertz CT molecular complexity index is 742. The van der Waals surface area contributed by atoms with Gasteiger partial charge in [-0.1, -0.05) is 38.1 Å². The van der Waals surface area contributed by atoms with Crippen LogP contribution in [0.2, 0.25) is 0 Å². The fraction of sp³-hybridized carbons (Fsp3) is 0.409. The molecular weight excluding hydrogens is 324 g/mol. The fourth-order valence-corrected chi connectivity index (χ4v) is 3.28. The summed E-state index contributed by atoms with van der Waals surface area (Å²) in [5.74, 6) is 1.54. The number of para-hydroxylation sites is 2. The number of rotatable bonds is 6. The number of hydrogen-bond donors (Lipinski definition) is 1. The van der Waals surface area contributed by atoms with Crippen molar-refractivity contribution >= 4 is 17.3 Å². The standard InChI is InChI=1S/C22H28N2O2/c1-4-16(2)18-9-11-19(12-10-18)26-14-13-24-21-8-6-5-7-20(21)23-17(3)15-22(24)25/h5-12,16-17,23H,4,13-15H2,1-3H3. The van der Waals surface area contributed by atoms with Crippen molar-refractivity contribution < 1.29 is 9.53 Å². The molecule has 4 nitrogen and oxygen atoms in total. The minimum atomic E-state index is 0.127. The summed E-state index contributed by atoms with van der Waals surface area (Å²) in [6.07, 6.45) is 1.61. The van der Waals surface area contributed by atoms with Crippen molar-refractivity contribution in [1.82, 2.24) is 0 Å². The zero-order valence-electron chi connectivity index (χ0n) is 15.9. The molecule has 0 fully saturated rings. The largest absolute Gasteiger partial charge is 0.492 e. The maximum Gasteiger partial charge on any atom is 0.229 e. The summed E-state index contributed by atoms with van der Waals surface area (Å²) < 4.78 is 5.89. The van der Waals surface area contributed by atoms with E-state index in [1.165, 1.54) is 5.56 Å². The van der Waals surface area contributed by atoms with Gasteiger partial charge >= 0.3 is 0 Å². The predicted octanol–water partition coefficient (Wildman–Crippen LogP) is 4.82. The van der Waals surface area contributed by atoms with Gasteiger partial charge in [-0.05, 0) is 49.1 Å². The second-order valence-electron chi connectivity index (χ2n) is 7.04. The van der Waals surface area contributed by atoms with Gasteiger partial charge in [-0.25, -0.2) is 0 Å². The van der Waals surface area contributed by atoms with E-state index in [1.807, 2.05) is 48.2 Å². The number of amides is 1. The van der Waals surface area contributed by atoms with Gasteiger partial charge in [0.05, 0.1) is 17.9 Å². The number of ether oxygens (including phenoxy) is 1. The maximum atomic E-state index is 12.6. The molecule has 0 aromatic heterocycles. The van der Waals surface area contributed by atoms with Crippen LogP contribution < -0.4 is 15.0 Å². The van der Waals surface area contributed by atoms with Crippen LogP contribution in [0.1, 0.15) is 45.1 Å². The Labute approximate surface area is 156 Å². The third-order valence-electron chi connectivity index (χ3n) is 5.02. The summed E-state index contributed by atoms with van der Waals surface area (Å²) in [6.45, 7) is 7.47. The van der Waals surface area contributed by atoms with Crippen LogP contribution in [0.3, 0.4) is 0 Å². The lowest BCUT2D eigenvalue weighted by Gasteiger charge is -2.22. The molecule has 3 rings (SSSR count). The monoisotopic (exact) mass is 352 g/mol. The summed E-state index contributed by atoms with van der Waals surface area (Å²) in [4.78, 5) is 14.4. The van der Waals surface area contributed by atoms with Crippen LogP contribution in [0.15, 0.2) is 48.5 Å². The molecule has 1 heterocycles. The molecule has 0 bridgehead atoms. The van der Waals surface area contributed by atoms with E-state index in [4.69, 9.17) is 4.74 Å². The molecule has 2 atom stereocenters. The van der Waals surface area contributed by atoms with Crippen LogP contribution in [-0.4, -0.2) is 25.1 Å². The first kappa shape index (κ1) is 18.3. The Morgan fingerprint density at radius 1 is 1.19 bits per heavy atom. The number of nitrogens with zero attached hydrogens (tertiary/aromatic N) is 1. The first-order valence-corrected chi connectivity index (χ1v) is 9.47. The molecule has 1 N–H and O–H groups in total. The van der Waals surface area contributed by atoms with Gasteiger partial charge in [0.2, 0.25) is 5.91 Å². The Morgan fingerprint density at radius 3 is 2.65 bits per heavy atom. The second-order valence-corrected chi connectivity index (χ2v) is 7.04. The minimum Gasteiger partial charge on any atom is -0.492 e. The molecule has 0 saturated carbocycles. The molecule has 4 heteroatoms. The molecule has 26 heavy (non-hydrogen) atoms. The van der Waals surface area contributed by atoms with Crippen molar-refractivity contribution in [3.05, 3.63) is 54.1 Å². The van der Waals surface area contributed by atoms with E-state index in [-0.39, 0.29) is 11.9 Å². The number of carbonyl (C=O) groups excluding carboxylic acids is 1. The van der Waals surface area contributed by atoms with Crippen molar-refractivity contribution in [2.45, 2.75) is 45.6 Å². The van der Waals surface area contributed by atoms with Crippen LogP contribution in [0.25, 0.3) is 0 Å². The maximum absolute atomic E-state index is 12.6. The van der Waals surface area contributed by atoms with Crippen LogP contribution in [0.4, 0.5) is 11.4 Å². The van der Waals surface area contributed by atoms with Gasteiger partial charge in [0.15, 0.2) is 0 Å². The Balaban J connectivity index is 1.64. The van der Waals surface area contributed by atoms with Gasteiger partial charge in [0.25, 0.3) is 0 Å². The van der Waals surface area contributed by atoms with E-state index in [1.54, 1.807) is 0 Å². The number of anilines is 2. The Morgan fingerprint density at radius 2 is 1.92 bits per heavy atom. The van der Waals surface area contributed by atoms with Crippen molar-refractivity contribution in [3.8, 4) is 5.75 Å². The molecule has 1 amide bonds. The molecule has 0 aliphatic carbocycles. The predicted molar refractivity (Wildman–Crippen MR) is 107 cm³/mol. The topological polar surface area (TPSA) is 41.6 Å². The van der Waals surface area contributed by atoms with Crippen molar-refractivity contribution in [2.75, 3.05) is 23.4 Å². The lowest BCUT2D eigenvalue weighted by molar-refractivity contribution is -0.118. The van der Waals surface area contributed by atoms with E-state index < -0.39 is 0 Å². The van der Waals surface area contributed by atoms with Gasteiger partial charge in [0, 0.05) is 12.5 Å². The molecule has 2 aromatic rings. The third-order valence-corrected chi connectivity index (χ3v) is 5.02. The first-order valence-electron chi connectivity index (χ1n) is 9.47. The highest BCUT2D eigenvalue weighted by Gasteiger charge is 2.24. The summed E-state index contributed by atoms with van der Waals surface area (Å²) in [5.41, 5.74) is 3.26. The number of nitrogens with one attached hydrogen (secondary N) is 1. The van der Waals surface area contributed by atoms with E-state index in [0.717, 1.165) is 23.5 Å². The summed E-state index contributed by atoms with van der Waals surface area (Å²) in [5, 5.41) is 3.41. The highest BCUT2D eigenvalue weighted by atomic mass is 16.5. The summed E-state index contributed by atoms with van der Waals surface area (Å²) >= 11 is 0. The normalized spacial score (nSPS) is 17.9. The summed E-state index contributed by atoms with van der Waals surface area (Å²) in [6, 6.07) is 16.4. The van der Waals surface area contributed by atoms with Crippen molar-refractivity contribution in [3.63, 3.8) is 0 Å². The highest BCUT2D eigenvalue weighted by molar-refractivity contribution is 5.98. The third kappa shape index (κ3) is 4.18. The molecule has 0 saturated heterocycles. The molecular formula is C22H28N2O2. The highest BCUT2D eigenvalue weighted by Crippen LogP contribution is 2.30. The number of benzene rings is 2. The number of hydrogen-bond acceptors (Lipinski definition) is 3. The van der Waals surface area contributed by atoms with E-state index in [2.05, 4.69) is 31.3 Å². The smallest absolute Gasteiger partial charge is 0.229 e. The Kier molecular flexibility index (Phi) is 5.82. The van der Waals surface area contributed by atoms with Gasteiger partial charge in [-0.15, -0.1) is 0 Å². The molecule has 0 radical (unpaired) electrons. The van der Waals surface area contributed by atoms with Crippen LogP contribution in [0, 0.1) is 0 Å². The first-order chi connectivity index (χ1) is 12.6. The van der Waals surface area contributed by atoms with E-state index in [9.17, 15) is 4.79 Å². The SMILES string of the molecule is CCC(C)c1ccc(OCCN2C(=O)CC(C)Nc3ccccc32)cc1. The molecule has 2 unspecified atom stereocenters. The molecule has 138 valence electrons. The zero-order chi connectivity index (χ0) is 18.5. The molecule has 0 spiro atoms. The molecule has 1 aliphatic rings. The fourth-order valence-electron chi connectivity index (χ4n) is 3.28. The number of fused-ring (bicyclic) bond motifs is 1. The van der Waals surface area contributed by atoms with Crippen LogP contribution in [-0.2, 0) is 4.79 Å². The lowest BCUT2D eigenvalue weighted by atomic mass is 9.99. The Hall–Kier alpha value is -2.49. The number of carbonyl (C=O) groups is 1. The average Bonchev–Trinajstić information content (AvgIpc) is 2.77.